The molecule has 2 N–H and O–H groups in total. The number of fused-ring (bicyclic) bond motifs is 1. The van der Waals surface area contributed by atoms with Crippen molar-refractivity contribution in [1.82, 2.24) is 19.5 Å². The lowest BCUT2D eigenvalue weighted by Crippen LogP contribution is -2.09. The monoisotopic (exact) mass is 550 g/mol. The highest BCUT2D eigenvalue weighted by molar-refractivity contribution is 5.86. The maximum absolute atomic E-state index is 13.2. The number of imidazole rings is 1. The molecule has 0 saturated carbocycles. The van der Waals surface area contributed by atoms with Gasteiger partial charge in [0.05, 0.1) is 26.9 Å². The van der Waals surface area contributed by atoms with Crippen molar-refractivity contribution >= 4 is 28.6 Å². The lowest BCUT2D eigenvalue weighted by molar-refractivity contribution is -0.137. The molecule has 0 aliphatic heterocycles. The van der Waals surface area contributed by atoms with Crippen LogP contribution >= 0.6 is 0 Å². The van der Waals surface area contributed by atoms with Crippen LogP contribution in [0, 0.1) is 0 Å². The van der Waals surface area contributed by atoms with Crippen LogP contribution in [-0.2, 0) is 12.7 Å². The average molecular weight is 551 g/mol. The lowest BCUT2D eigenvalue weighted by atomic mass is 10.1. The Labute approximate surface area is 227 Å². The number of rotatable bonds is 9. The van der Waals surface area contributed by atoms with Crippen LogP contribution in [-0.4, -0.2) is 40.8 Å². The molecule has 0 fully saturated rings. The summed E-state index contributed by atoms with van der Waals surface area (Å²) in [5.74, 6) is 1.85. The van der Waals surface area contributed by atoms with Gasteiger partial charge in [-0.1, -0.05) is 30.3 Å². The molecule has 0 unspecified atom stereocenters. The molecule has 2 aromatic heterocycles. The fourth-order valence-corrected chi connectivity index (χ4v) is 4.18. The molecular formula is C28H25F3N6O3. The molecule has 0 saturated heterocycles. The second kappa shape index (κ2) is 11.0. The number of para-hydroxylation sites is 1. The van der Waals surface area contributed by atoms with E-state index in [-0.39, 0.29) is 12.5 Å². The van der Waals surface area contributed by atoms with Crippen molar-refractivity contribution in [3.05, 3.63) is 84.2 Å². The molecule has 0 bridgehead atoms. The normalized spacial score (nSPS) is 11.3. The molecule has 2 heterocycles. The van der Waals surface area contributed by atoms with E-state index in [9.17, 15) is 13.2 Å². The molecule has 5 aromatic rings. The molecule has 0 atom stereocenters. The molecular weight excluding hydrogens is 525 g/mol. The third-order valence-electron chi connectivity index (χ3n) is 6.07. The van der Waals surface area contributed by atoms with E-state index < -0.39 is 11.7 Å². The van der Waals surface area contributed by atoms with Crippen molar-refractivity contribution in [3.8, 4) is 22.9 Å². The molecule has 12 heteroatoms. The quantitative estimate of drug-likeness (QED) is 0.224. The summed E-state index contributed by atoms with van der Waals surface area (Å²) in [6.07, 6.45) is -2.82. The molecule has 206 valence electrons. The number of nitrogens with zero attached hydrogens (tertiary/aromatic N) is 4. The van der Waals surface area contributed by atoms with Crippen molar-refractivity contribution in [2.75, 3.05) is 32.0 Å². The summed E-state index contributed by atoms with van der Waals surface area (Å²) in [5, 5.41) is 6.30. The highest BCUT2D eigenvalue weighted by atomic mass is 19.4. The molecule has 0 radical (unpaired) electrons. The van der Waals surface area contributed by atoms with E-state index in [1.54, 1.807) is 29.1 Å². The summed E-state index contributed by atoms with van der Waals surface area (Å²) in [6.45, 7) is 0.0812. The minimum absolute atomic E-state index is 0.0812. The topological polar surface area (TPSA) is 95.4 Å². The Morgan fingerprint density at radius 2 is 1.57 bits per heavy atom. The predicted octanol–water partition coefficient (Wildman–Crippen LogP) is 6.22. The Morgan fingerprint density at radius 3 is 2.23 bits per heavy atom. The molecule has 5 rings (SSSR count). The second-order valence-electron chi connectivity index (χ2n) is 8.61. The highest BCUT2D eigenvalue weighted by Crippen LogP contribution is 2.40. The van der Waals surface area contributed by atoms with Gasteiger partial charge < -0.3 is 24.8 Å². The number of anilines is 3. The number of hydrogen-bond acceptors (Lipinski definition) is 8. The van der Waals surface area contributed by atoms with Gasteiger partial charge >= 0.3 is 6.18 Å². The van der Waals surface area contributed by atoms with Crippen LogP contribution < -0.4 is 24.8 Å². The van der Waals surface area contributed by atoms with E-state index in [4.69, 9.17) is 19.2 Å². The van der Waals surface area contributed by atoms with Crippen LogP contribution in [0.4, 0.5) is 30.6 Å². The lowest BCUT2D eigenvalue weighted by Gasteiger charge is -2.15. The van der Waals surface area contributed by atoms with Gasteiger partial charge in [0.15, 0.2) is 28.5 Å². The van der Waals surface area contributed by atoms with E-state index >= 15 is 0 Å². The fraction of sp³-hybridized carbons (Fsp3) is 0.179. The first-order valence-corrected chi connectivity index (χ1v) is 12.1. The maximum Gasteiger partial charge on any atom is 0.416 e. The van der Waals surface area contributed by atoms with E-state index in [0.29, 0.717) is 45.5 Å². The Morgan fingerprint density at radius 1 is 0.850 bits per heavy atom. The van der Waals surface area contributed by atoms with Gasteiger partial charge in [0, 0.05) is 30.1 Å². The number of benzene rings is 3. The molecule has 0 amide bonds. The summed E-state index contributed by atoms with van der Waals surface area (Å²) in [5.41, 5.74) is 2.03. The van der Waals surface area contributed by atoms with Crippen molar-refractivity contribution in [2.45, 2.75) is 12.7 Å². The van der Waals surface area contributed by atoms with Gasteiger partial charge in [-0.25, -0.2) is 4.98 Å². The van der Waals surface area contributed by atoms with Gasteiger partial charge in [-0.2, -0.15) is 23.1 Å². The summed E-state index contributed by atoms with van der Waals surface area (Å²) in [4.78, 5) is 13.8. The van der Waals surface area contributed by atoms with Crippen LogP contribution in [0.2, 0.25) is 0 Å². The molecule has 40 heavy (non-hydrogen) atoms. The zero-order chi connectivity index (χ0) is 28.3. The Hall–Kier alpha value is -5.00. The largest absolute Gasteiger partial charge is 0.493 e. The summed E-state index contributed by atoms with van der Waals surface area (Å²) in [6, 6.07) is 18.0. The third kappa shape index (κ3) is 5.41. The number of nitrogens with one attached hydrogen (secondary N) is 2. The van der Waals surface area contributed by atoms with E-state index in [1.807, 2.05) is 30.3 Å². The molecule has 9 nitrogen and oxygen atoms in total. The first-order valence-electron chi connectivity index (χ1n) is 12.1. The summed E-state index contributed by atoms with van der Waals surface area (Å²) >= 11 is 0. The smallest absolute Gasteiger partial charge is 0.416 e. The first-order chi connectivity index (χ1) is 19.3. The van der Waals surface area contributed by atoms with Crippen LogP contribution in [0.3, 0.4) is 0 Å². The number of methoxy groups -OCH3 is 3. The zero-order valence-electron chi connectivity index (χ0n) is 21.8. The van der Waals surface area contributed by atoms with Crippen molar-refractivity contribution in [3.63, 3.8) is 0 Å². The van der Waals surface area contributed by atoms with E-state index in [2.05, 4.69) is 20.6 Å². The molecule has 0 aliphatic carbocycles. The zero-order valence-corrected chi connectivity index (χ0v) is 21.8. The first kappa shape index (κ1) is 26.6. The molecule has 0 spiro atoms. The van der Waals surface area contributed by atoms with E-state index in [0.717, 1.165) is 17.8 Å². The van der Waals surface area contributed by atoms with Crippen LogP contribution in [0.25, 0.3) is 16.9 Å². The molecule has 3 aromatic carbocycles. The van der Waals surface area contributed by atoms with E-state index in [1.165, 1.54) is 27.4 Å². The summed E-state index contributed by atoms with van der Waals surface area (Å²) in [7, 11) is 4.54. The highest BCUT2D eigenvalue weighted by Gasteiger charge is 2.30. The standard InChI is InChI=1S/C28H25F3N6O3/c1-38-21-13-19(14-22(39-2)24(21)40-3)34-27-35-25(32-15-17-8-7-9-18(12-17)28(29,30)31)23-26(36-27)37(16-33-23)20-10-5-4-6-11-20/h4-14,16H,15H2,1-3H3,(H2,32,34,35,36). The van der Waals surface area contributed by atoms with Gasteiger partial charge in [-0.3, -0.25) is 4.57 Å². The number of aromatic nitrogens is 4. The fourth-order valence-electron chi connectivity index (χ4n) is 4.18. The number of alkyl halides is 3. The minimum atomic E-state index is -4.44. The van der Waals surface area contributed by atoms with Crippen molar-refractivity contribution in [1.29, 1.82) is 0 Å². The van der Waals surface area contributed by atoms with Gasteiger partial charge in [-0.15, -0.1) is 0 Å². The van der Waals surface area contributed by atoms with Gasteiger partial charge in [0.25, 0.3) is 0 Å². The van der Waals surface area contributed by atoms with Gasteiger partial charge in [0.2, 0.25) is 11.7 Å². The van der Waals surface area contributed by atoms with Gasteiger partial charge in [0.1, 0.15) is 6.33 Å². The SMILES string of the molecule is COc1cc(Nc2nc(NCc3cccc(C(F)(F)F)c3)c3ncn(-c4ccccc4)c3n2)cc(OC)c1OC. The summed E-state index contributed by atoms with van der Waals surface area (Å²) < 4.78 is 57.8. The average Bonchev–Trinajstić information content (AvgIpc) is 3.39. The van der Waals surface area contributed by atoms with Crippen LogP contribution in [0.15, 0.2) is 73.1 Å². The Bertz CT molecular complexity index is 1620. The Kier molecular flexibility index (Phi) is 7.32. The van der Waals surface area contributed by atoms with Crippen molar-refractivity contribution in [2.24, 2.45) is 0 Å². The molecule has 0 aliphatic rings. The second-order valence-corrected chi connectivity index (χ2v) is 8.61. The van der Waals surface area contributed by atoms with Crippen LogP contribution in [0.1, 0.15) is 11.1 Å². The predicted molar refractivity (Wildman–Crippen MR) is 145 cm³/mol. The maximum atomic E-state index is 13.2. The number of halogens is 3. The third-order valence-corrected chi connectivity index (χ3v) is 6.07. The van der Waals surface area contributed by atoms with Crippen molar-refractivity contribution < 1.29 is 27.4 Å². The number of ether oxygens (including phenoxy) is 3. The minimum Gasteiger partial charge on any atom is -0.493 e. The van der Waals surface area contributed by atoms with Gasteiger partial charge in [-0.05, 0) is 29.8 Å². The van der Waals surface area contributed by atoms with Crippen LogP contribution in [0.5, 0.6) is 17.2 Å². The Balaban J connectivity index is 1.56. The number of hydrogen-bond donors (Lipinski definition) is 2.